The van der Waals surface area contributed by atoms with Crippen LogP contribution in [-0.4, -0.2) is 36.6 Å². The van der Waals surface area contributed by atoms with Crippen LogP contribution in [0.1, 0.15) is 19.4 Å². The maximum absolute atomic E-state index is 13.7. The Balaban J connectivity index is 2.10. The Labute approximate surface area is 107 Å². The second kappa shape index (κ2) is 5.33. The van der Waals surface area contributed by atoms with Gasteiger partial charge in [0.2, 0.25) is 0 Å². The minimum atomic E-state index is -0.517. The van der Waals surface area contributed by atoms with E-state index in [-0.39, 0.29) is 5.54 Å². The quantitative estimate of drug-likeness (QED) is 0.889. The van der Waals surface area contributed by atoms with E-state index in [1.54, 1.807) is 6.07 Å². The van der Waals surface area contributed by atoms with Gasteiger partial charge in [-0.1, -0.05) is 6.07 Å². The molecule has 1 heterocycles. The van der Waals surface area contributed by atoms with E-state index in [1.165, 1.54) is 6.07 Å². The van der Waals surface area contributed by atoms with Crippen LogP contribution in [0.5, 0.6) is 0 Å². The minimum absolute atomic E-state index is 0.110. The van der Waals surface area contributed by atoms with Crippen LogP contribution in [0, 0.1) is 11.6 Å². The van der Waals surface area contributed by atoms with Gasteiger partial charge in [0.15, 0.2) is 0 Å². The van der Waals surface area contributed by atoms with Crippen molar-refractivity contribution in [3.63, 3.8) is 0 Å². The molecule has 1 aromatic rings. The fourth-order valence-electron chi connectivity index (χ4n) is 2.51. The third-order valence-electron chi connectivity index (χ3n) is 3.61. The number of hydrogen-bond acceptors (Lipinski definition) is 2. The first-order valence-corrected chi connectivity index (χ1v) is 6.39. The van der Waals surface area contributed by atoms with Crippen molar-refractivity contribution in [1.82, 2.24) is 10.2 Å². The van der Waals surface area contributed by atoms with E-state index in [0.717, 1.165) is 32.2 Å². The third kappa shape index (κ3) is 3.06. The van der Waals surface area contributed by atoms with Gasteiger partial charge in [0.25, 0.3) is 0 Å². The predicted octanol–water partition coefficient (Wildman–Crippen LogP) is 2.19. The lowest BCUT2D eigenvalue weighted by molar-refractivity contribution is 0.103. The Morgan fingerprint density at radius 1 is 1.22 bits per heavy atom. The molecule has 1 aliphatic heterocycles. The van der Waals surface area contributed by atoms with E-state index in [9.17, 15) is 8.78 Å². The molecular weight excluding hydrogens is 234 g/mol. The topological polar surface area (TPSA) is 15.3 Å². The summed E-state index contributed by atoms with van der Waals surface area (Å²) in [5.41, 5.74) is 0.473. The number of hydrogen-bond donors (Lipinski definition) is 1. The van der Waals surface area contributed by atoms with Crippen LogP contribution in [0.25, 0.3) is 0 Å². The van der Waals surface area contributed by atoms with Gasteiger partial charge in [-0.3, -0.25) is 4.90 Å². The van der Waals surface area contributed by atoms with Crippen LogP contribution in [0.3, 0.4) is 0 Å². The second-order valence-corrected chi connectivity index (χ2v) is 5.46. The Hall–Kier alpha value is -1.00. The fourth-order valence-corrected chi connectivity index (χ4v) is 2.51. The van der Waals surface area contributed by atoms with Crippen molar-refractivity contribution < 1.29 is 8.78 Å². The zero-order valence-corrected chi connectivity index (χ0v) is 11.0. The van der Waals surface area contributed by atoms with Crippen molar-refractivity contribution in [2.75, 3.05) is 26.2 Å². The number of piperazine rings is 1. The summed E-state index contributed by atoms with van der Waals surface area (Å²) < 4.78 is 26.6. The second-order valence-electron chi connectivity index (χ2n) is 5.46. The van der Waals surface area contributed by atoms with Gasteiger partial charge < -0.3 is 5.32 Å². The van der Waals surface area contributed by atoms with Gasteiger partial charge in [-0.05, 0) is 31.9 Å². The van der Waals surface area contributed by atoms with Crippen molar-refractivity contribution in [2.45, 2.75) is 25.8 Å². The highest BCUT2D eigenvalue weighted by molar-refractivity contribution is 5.20. The number of halogens is 2. The first-order chi connectivity index (χ1) is 8.49. The lowest BCUT2D eigenvalue weighted by atomic mass is 9.92. The molecule has 0 aromatic heterocycles. The standard InChI is InChI=1S/C14H20F2N2/c1-14(2,18-7-5-17-6-8-18)10-11-3-4-12(15)9-13(11)16/h3-4,9,17H,5-8,10H2,1-2H3. The summed E-state index contributed by atoms with van der Waals surface area (Å²) in [6, 6.07) is 3.84. The lowest BCUT2D eigenvalue weighted by Crippen LogP contribution is -2.54. The molecule has 1 saturated heterocycles. The molecular formula is C14H20F2N2. The van der Waals surface area contributed by atoms with Crippen molar-refractivity contribution in [1.29, 1.82) is 0 Å². The van der Waals surface area contributed by atoms with Crippen LogP contribution < -0.4 is 5.32 Å². The summed E-state index contributed by atoms with van der Waals surface area (Å²) in [6.45, 7) is 8.10. The van der Waals surface area contributed by atoms with Gasteiger partial charge in [-0.2, -0.15) is 0 Å². The van der Waals surface area contributed by atoms with Crippen molar-refractivity contribution in [3.8, 4) is 0 Å². The van der Waals surface area contributed by atoms with Gasteiger partial charge in [0, 0.05) is 37.8 Å². The highest BCUT2D eigenvalue weighted by atomic mass is 19.1. The molecule has 100 valence electrons. The first-order valence-electron chi connectivity index (χ1n) is 6.39. The third-order valence-corrected chi connectivity index (χ3v) is 3.61. The van der Waals surface area contributed by atoms with Gasteiger partial charge in [-0.15, -0.1) is 0 Å². The lowest BCUT2D eigenvalue weighted by Gasteiger charge is -2.41. The van der Waals surface area contributed by atoms with Crippen LogP contribution >= 0.6 is 0 Å². The highest BCUT2D eigenvalue weighted by Gasteiger charge is 2.28. The molecule has 2 nitrogen and oxygen atoms in total. The van der Waals surface area contributed by atoms with Gasteiger partial charge in [-0.25, -0.2) is 8.78 Å². The molecule has 0 aliphatic carbocycles. The van der Waals surface area contributed by atoms with Crippen molar-refractivity contribution >= 4 is 0 Å². The highest BCUT2D eigenvalue weighted by Crippen LogP contribution is 2.22. The molecule has 0 saturated carbocycles. The van der Waals surface area contributed by atoms with E-state index < -0.39 is 11.6 Å². The monoisotopic (exact) mass is 254 g/mol. The zero-order valence-electron chi connectivity index (χ0n) is 11.0. The summed E-state index contributed by atoms with van der Waals surface area (Å²) in [5, 5.41) is 3.30. The SMILES string of the molecule is CC(C)(Cc1ccc(F)cc1F)N1CCNCC1. The fraction of sp³-hybridized carbons (Fsp3) is 0.571. The predicted molar refractivity (Wildman–Crippen MR) is 68.6 cm³/mol. The van der Waals surface area contributed by atoms with Crippen LogP contribution in [0.2, 0.25) is 0 Å². The summed E-state index contributed by atoms with van der Waals surface area (Å²) in [6.07, 6.45) is 0.596. The molecule has 1 N–H and O–H groups in total. The van der Waals surface area contributed by atoms with Crippen LogP contribution in [-0.2, 0) is 6.42 Å². The molecule has 18 heavy (non-hydrogen) atoms. The molecule has 1 aliphatic rings. The molecule has 4 heteroatoms. The number of rotatable bonds is 3. The van der Waals surface area contributed by atoms with E-state index in [1.807, 2.05) is 0 Å². The first kappa shape index (κ1) is 13.4. The largest absolute Gasteiger partial charge is 0.314 e. The molecule has 0 spiro atoms. The average Bonchev–Trinajstić information content (AvgIpc) is 2.34. The van der Waals surface area contributed by atoms with Gasteiger partial charge >= 0.3 is 0 Å². The molecule has 0 unspecified atom stereocenters. The maximum Gasteiger partial charge on any atom is 0.129 e. The maximum atomic E-state index is 13.7. The average molecular weight is 254 g/mol. The molecule has 2 rings (SSSR count). The zero-order chi connectivity index (χ0) is 13.2. The summed E-state index contributed by atoms with van der Waals surface area (Å²) in [7, 11) is 0. The normalized spacial score (nSPS) is 18.0. The summed E-state index contributed by atoms with van der Waals surface area (Å²) in [5.74, 6) is -0.963. The molecule has 0 radical (unpaired) electrons. The van der Waals surface area contributed by atoms with Gasteiger partial charge in [0.1, 0.15) is 11.6 Å². The number of nitrogens with one attached hydrogen (secondary N) is 1. The Kier molecular flexibility index (Phi) is 3.97. The van der Waals surface area contributed by atoms with E-state index in [0.29, 0.717) is 12.0 Å². The smallest absolute Gasteiger partial charge is 0.129 e. The Morgan fingerprint density at radius 3 is 2.50 bits per heavy atom. The molecule has 1 aromatic carbocycles. The molecule has 0 amide bonds. The van der Waals surface area contributed by atoms with Crippen LogP contribution in [0.4, 0.5) is 8.78 Å². The minimum Gasteiger partial charge on any atom is -0.314 e. The number of nitrogens with zero attached hydrogens (tertiary/aromatic N) is 1. The summed E-state index contributed by atoms with van der Waals surface area (Å²) in [4.78, 5) is 2.35. The van der Waals surface area contributed by atoms with E-state index >= 15 is 0 Å². The Morgan fingerprint density at radius 2 is 1.89 bits per heavy atom. The van der Waals surface area contributed by atoms with Crippen LogP contribution in [0.15, 0.2) is 18.2 Å². The van der Waals surface area contributed by atoms with E-state index in [2.05, 4.69) is 24.1 Å². The Bertz CT molecular complexity index is 412. The van der Waals surface area contributed by atoms with Crippen molar-refractivity contribution in [3.05, 3.63) is 35.4 Å². The molecule has 0 atom stereocenters. The molecule has 0 bridgehead atoms. The van der Waals surface area contributed by atoms with E-state index in [4.69, 9.17) is 0 Å². The molecule has 1 fully saturated rings. The number of benzene rings is 1. The van der Waals surface area contributed by atoms with Gasteiger partial charge in [0.05, 0.1) is 0 Å². The summed E-state index contributed by atoms with van der Waals surface area (Å²) >= 11 is 0. The van der Waals surface area contributed by atoms with Crippen molar-refractivity contribution in [2.24, 2.45) is 0 Å².